The van der Waals surface area contributed by atoms with Crippen molar-refractivity contribution < 1.29 is 4.79 Å². The van der Waals surface area contributed by atoms with Gasteiger partial charge in [0.1, 0.15) is 6.33 Å². The first-order chi connectivity index (χ1) is 11.8. The van der Waals surface area contributed by atoms with Crippen LogP contribution in [0.2, 0.25) is 0 Å². The lowest BCUT2D eigenvalue weighted by molar-refractivity contribution is -0.124. The molecule has 2 aliphatic heterocycles. The number of carbonyl (C=O) groups is 1. The summed E-state index contributed by atoms with van der Waals surface area (Å²) in [6, 6.07) is 10.5. The summed E-state index contributed by atoms with van der Waals surface area (Å²) < 4.78 is 1.84. The average molecular weight is 325 g/mol. The summed E-state index contributed by atoms with van der Waals surface area (Å²) in [7, 11) is 0. The van der Waals surface area contributed by atoms with Crippen molar-refractivity contribution >= 4 is 11.9 Å². The van der Waals surface area contributed by atoms with Gasteiger partial charge >= 0.3 is 0 Å². The van der Waals surface area contributed by atoms with Gasteiger partial charge in [0.25, 0.3) is 0 Å². The van der Waals surface area contributed by atoms with Gasteiger partial charge in [0.15, 0.2) is 0 Å². The van der Waals surface area contributed by atoms with Crippen molar-refractivity contribution in [3.05, 3.63) is 42.2 Å². The second kappa shape index (κ2) is 6.73. The Labute approximate surface area is 142 Å². The van der Waals surface area contributed by atoms with E-state index in [1.54, 1.807) is 6.33 Å². The molecule has 6 nitrogen and oxygen atoms in total. The van der Waals surface area contributed by atoms with Gasteiger partial charge in [-0.3, -0.25) is 14.6 Å². The van der Waals surface area contributed by atoms with Gasteiger partial charge in [-0.15, -0.1) is 0 Å². The molecule has 0 N–H and O–H groups in total. The molecule has 2 aromatic rings. The van der Waals surface area contributed by atoms with E-state index < -0.39 is 0 Å². The van der Waals surface area contributed by atoms with Crippen LogP contribution in [-0.2, 0) is 17.9 Å². The van der Waals surface area contributed by atoms with E-state index in [9.17, 15) is 4.79 Å². The third-order valence-electron chi connectivity index (χ3n) is 4.96. The fourth-order valence-electron chi connectivity index (χ4n) is 3.77. The number of aromatic nitrogens is 3. The molecule has 1 amide bonds. The fourth-order valence-corrected chi connectivity index (χ4v) is 3.77. The van der Waals surface area contributed by atoms with Crippen LogP contribution in [0, 0.1) is 5.92 Å². The number of hydrogen-bond donors (Lipinski definition) is 0. The standard InChI is InChI=1S/C18H23N5O/c24-17(22-10-5-11-23-18(22)19-14-20-23)16-8-4-9-21(13-16)12-15-6-2-1-3-7-15/h1-3,6-7,14,16H,4-5,8-13H2. The second-order valence-corrected chi connectivity index (χ2v) is 6.69. The Morgan fingerprint density at radius 3 is 2.88 bits per heavy atom. The number of likely N-dealkylation sites (tertiary alicyclic amines) is 1. The maximum Gasteiger partial charge on any atom is 0.233 e. The molecule has 0 bridgehead atoms. The van der Waals surface area contributed by atoms with E-state index in [0.717, 1.165) is 52.0 Å². The first-order valence-corrected chi connectivity index (χ1v) is 8.77. The van der Waals surface area contributed by atoms with E-state index in [1.807, 2.05) is 15.6 Å². The Hall–Kier alpha value is -2.21. The minimum atomic E-state index is 0.0608. The minimum absolute atomic E-state index is 0.0608. The van der Waals surface area contributed by atoms with Gasteiger partial charge in [-0.05, 0) is 31.4 Å². The zero-order chi connectivity index (χ0) is 16.4. The predicted octanol–water partition coefficient (Wildman–Crippen LogP) is 1.93. The number of rotatable bonds is 3. The molecular weight excluding hydrogens is 302 g/mol. The van der Waals surface area contributed by atoms with E-state index in [2.05, 4.69) is 39.2 Å². The highest BCUT2D eigenvalue weighted by atomic mass is 16.2. The summed E-state index contributed by atoms with van der Waals surface area (Å²) >= 11 is 0. The van der Waals surface area contributed by atoms with Crippen LogP contribution in [0.15, 0.2) is 36.7 Å². The maximum atomic E-state index is 13.0. The Morgan fingerprint density at radius 2 is 2.00 bits per heavy atom. The fraction of sp³-hybridized carbons (Fsp3) is 0.500. The smallest absolute Gasteiger partial charge is 0.233 e. The molecule has 24 heavy (non-hydrogen) atoms. The van der Waals surface area contributed by atoms with Crippen LogP contribution < -0.4 is 4.90 Å². The number of carbonyl (C=O) groups excluding carboxylic acids is 1. The SMILES string of the molecule is O=C(C1CCCN(Cc2ccccc2)C1)N1CCCn2ncnc21. The average Bonchev–Trinajstić information content (AvgIpc) is 3.11. The van der Waals surface area contributed by atoms with Gasteiger partial charge in [0, 0.05) is 26.2 Å². The van der Waals surface area contributed by atoms with E-state index in [0.29, 0.717) is 5.95 Å². The zero-order valence-electron chi connectivity index (χ0n) is 13.8. The van der Waals surface area contributed by atoms with Crippen molar-refractivity contribution in [3.63, 3.8) is 0 Å². The molecule has 4 rings (SSSR count). The monoisotopic (exact) mass is 325 g/mol. The van der Waals surface area contributed by atoms with E-state index >= 15 is 0 Å². The van der Waals surface area contributed by atoms with Crippen molar-refractivity contribution in [3.8, 4) is 0 Å². The molecule has 0 saturated carbocycles. The third kappa shape index (κ3) is 3.06. The minimum Gasteiger partial charge on any atom is -0.298 e. The maximum absolute atomic E-state index is 13.0. The summed E-state index contributed by atoms with van der Waals surface area (Å²) in [5.41, 5.74) is 1.31. The highest BCUT2D eigenvalue weighted by Gasteiger charge is 2.33. The number of amides is 1. The number of piperidine rings is 1. The van der Waals surface area contributed by atoms with Gasteiger partial charge in [-0.1, -0.05) is 30.3 Å². The summed E-state index contributed by atoms with van der Waals surface area (Å²) in [4.78, 5) is 21.6. The summed E-state index contributed by atoms with van der Waals surface area (Å²) in [6.45, 7) is 4.42. The molecule has 0 aliphatic carbocycles. The Bertz CT molecular complexity index is 698. The van der Waals surface area contributed by atoms with E-state index in [4.69, 9.17) is 0 Å². The van der Waals surface area contributed by atoms with Crippen molar-refractivity contribution in [1.82, 2.24) is 19.7 Å². The third-order valence-corrected chi connectivity index (χ3v) is 4.96. The lowest BCUT2D eigenvalue weighted by Gasteiger charge is -2.35. The van der Waals surface area contributed by atoms with Crippen LogP contribution in [0.1, 0.15) is 24.8 Å². The van der Waals surface area contributed by atoms with E-state index in [-0.39, 0.29) is 11.8 Å². The van der Waals surface area contributed by atoms with Crippen molar-refractivity contribution in [2.45, 2.75) is 32.4 Å². The molecule has 2 aliphatic rings. The van der Waals surface area contributed by atoms with Crippen LogP contribution in [0.25, 0.3) is 0 Å². The van der Waals surface area contributed by atoms with Crippen LogP contribution in [-0.4, -0.2) is 45.2 Å². The molecule has 3 heterocycles. The highest BCUT2D eigenvalue weighted by molar-refractivity contribution is 5.93. The summed E-state index contributed by atoms with van der Waals surface area (Å²) in [5, 5.41) is 4.21. The van der Waals surface area contributed by atoms with Crippen molar-refractivity contribution in [1.29, 1.82) is 0 Å². The Morgan fingerprint density at radius 1 is 1.12 bits per heavy atom. The predicted molar refractivity (Wildman–Crippen MR) is 91.4 cm³/mol. The molecule has 1 aromatic carbocycles. The highest BCUT2D eigenvalue weighted by Crippen LogP contribution is 2.24. The molecule has 1 saturated heterocycles. The van der Waals surface area contributed by atoms with Crippen LogP contribution in [0.4, 0.5) is 5.95 Å². The largest absolute Gasteiger partial charge is 0.298 e. The number of benzene rings is 1. The summed E-state index contributed by atoms with van der Waals surface area (Å²) in [5.74, 6) is 0.985. The van der Waals surface area contributed by atoms with Crippen LogP contribution in [0.5, 0.6) is 0 Å². The second-order valence-electron chi connectivity index (χ2n) is 6.69. The molecule has 126 valence electrons. The number of aryl methyl sites for hydroxylation is 1. The normalized spacial score (nSPS) is 21.5. The van der Waals surface area contributed by atoms with Gasteiger partial charge < -0.3 is 0 Å². The van der Waals surface area contributed by atoms with Crippen molar-refractivity contribution in [2.24, 2.45) is 5.92 Å². The molecule has 1 aromatic heterocycles. The van der Waals surface area contributed by atoms with Gasteiger partial charge in [-0.2, -0.15) is 10.1 Å². The number of fused-ring (bicyclic) bond motifs is 1. The van der Waals surface area contributed by atoms with Gasteiger partial charge in [-0.25, -0.2) is 4.68 Å². The van der Waals surface area contributed by atoms with Gasteiger partial charge in [0.05, 0.1) is 5.92 Å². The number of anilines is 1. The topological polar surface area (TPSA) is 54.3 Å². The molecule has 1 unspecified atom stereocenters. The molecular formula is C18H23N5O. The first-order valence-electron chi connectivity index (χ1n) is 8.77. The van der Waals surface area contributed by atoms with E-state index in [1.165, 1.54) is 5.56 Å². The lowest BCUT2D eigenvalue weighted by atomic mass is 9.96. The van der Waals surface area contributed by atoms with Crippen LogP contribution in [0.3, 0.4) is 0 Å². The molecule has 1 atom stereocenters. The molecule has 0 spiro atoms. The Kier molecular flexibility index (Phi) is 4.30. The van der Waals surface area contributed by atoms with Gasteiger partial charge in [0.2, 0.25) is 11.9 Å². The quantitative estimate of drug-likeness (QED) is 0.865. The first kappa shape index (κ1) is 15.3. The van der Waals surface area contributed by atoms with Crippen molar-refractivity contribution in [2.75, 3.05) is 24.5 Å². The van der Waals surface area contributed by atoms with Crippen LogP contribution >= 0.6 is 0 Å². The zero-order valence-corrected chi connectivity index (χ0v) is 13.8. The molecule has 1 fully saturated rings. The molecule has 6 heteroatoms. The Balaban J connectivity index is 1.44. The summed E-state index contributed by atoms with van der Waals surface area (Å²) in [6.07, 6.45) is 4.53. The molecule has 0 radical (unpaired) electrons. The lowest BCUT2D eigenvalue weighted by Crippen LogP contribution is -2.47. The number of nitrogens with zero attached hydrogens (tertiary/aromatic N) is 5. The number of hydrogen-bond acceptors (Lipinski definition) is 4.